The summed E-state index contributed by atoms with van der Waals surface area (Å²) in [6, 6.07) is 4.71. The molecule has 1 atom stereocenters. The number of nitrogens with one attached hydrogen (secondary N) is 1. The minimum absolute atomic E-state index is 0.309. The molecular weight excluding hydrogens is 325 g/mol. The molecule has 4 nitrogen and oxygen atoms in total. The van der Waals surface area contributed by atoms with Crippen molar-refractivity contribution in [3.63, 3.8) is 0 Å². The van der Waals surface area contributed by atoms with Crippen LogP contribution in [0, 0.1) is 5.82 Å². The highest BCUT2D eigenvalue weighted by Gasteiger charge is 2.15. The summed E-state index contributed by atoms with van der Waals surface area (Å²) in [5, 5.41) is 7.15. The Bertz CT molecular complexity index is 573. The maximum atomic E-state index is 13.3. The van der Waals surface area contributed by atoms with Crippen molar-refractivity contribution in [2.45, 2.75) is 32.2 Å². The van der Waals surface area contributed by atoms with Crippen LogP contribution < -0.4 is 5.32 Å². The Morgan fingerprint density at radius 3 is 2.95 bits per heavy atom. The van der Waals surface area contributed by atoms with E-state index in [9.17, 15) is 4.39 Å². The molecule has 0 saturated heterocycles. The molecule has 0 aliphatic rings. The van der Waals surface area contributed by atoms with E-state index in [-0.39, 0.29) is 5.82 Å². The van der Waals surface area contributed by atoms with Crippen molar-refractivity contribution < 1.29 is 8.91 Å². The van der Waals surface area contributed by atoms with Gasteiger partial charge in [0, 0.05) is 22.5 Å². The summed E-state index contributed by atoms with van der Waals surface area (Å²) in [4.78, 5) is 4.34. The van der Waals surface area contributed by atoms with Crippen LogP contribution in [0.15, 0.2) is 27.2 Å². The van der Waals surface area contributed by atoms with Gasteiger partial charge in [0.2, 0.25) is 11.7 Å². The molecule has 2 aromatic rings. The van der Waals surface area contributed by atoms with E-state index in [2.05, 4.69) is 38.3 Å². The normalized spacial score (nSPS) is 12.6. The van der Waals surface area contributed by atoms with Crippen LogP contribution in [0.25, 0.3) is 11.4 Å². The van der Waals surface area contributed by atoms with Gasteiger partial charge in [0.25, 0.3) is 0 Å². The summed E-state index contributed by atoms with van der Waals surface area (Å²) in [7, 11) is 1.92. The van der Waals surface area contributed by atoms with Crippen molar-refractivity contribution in [1.82, 2.24) is 15.5 Å². The zero-order valence-electron chi connectivity index (χ0n) is 11.5. The molecule has 1 unspecified atom stereocenters. The van der Waals surface area contributed by atoms with Crippen LogP contribution in [0.2, 0.25) is 0 Å². The molecule has 2 rings (SSSR count). The SMILES string of the molecule is CCCC(Cc1nc(-c2cc(F)ccc2Br)no1)NC. The number of hydrogen-bond donors (Lipinski definition) is 1. The molecule has 0 saturated carbocycles. The highest BCUT2D eigenvalue weighted by atomic mass is 79.9. The number of likely N-dealkylation sites (N-methyl/N-ethyl adjacent to an activating group) is 1. The van der Waals surface area contributed by atoms with Crippen molar-refractivity contribution in [1.29, 1.82) is 0 Å². The quantitative estimate of drug-likeness (QED) is 0.872. The highest BCUT2D eigenvalue weighted by Crippen LogP contribution is 2.26. The largest absolute Gasteiger partial charge is 0.339 e. The lowest BCUT2D eigenvalue weighted by Gasteiger charge is -2.11. The third kappa shape index (κ3) is 3.64. The lowest BCUT2D eigenvalue weighted by Crippen LogP contribution is -2.27. The molecule has 1 aromatic carbocycles. The predicted octanol–water partition coefficient (Wildman–Crippen LogP) is 3.57. The summed E-state index contributed by atoms with van der Waals surface area (Å²) in [6.07, 6.45) is 2.80. The lowest BCUT2D eigenvalue weighted by molar-refractivity contribution is 0.356. The number of rotatable bonds is 6. The average molecular weight is 342 g/mol. The first-order valence-corrected chi connectivity index (χ1v) is 7.38. The van der Waals surface area contributed by atoms with E-state index in [4.69, 9.17) is 4.52 Å². The van der Waals surface area contributed by atoms with Gasteiger partial charge in [-0.25, -0.2) is 4.39 Å². The molecule has 108 valence electrons. The van der Waals surface area contributed by atoms with Gasteiger partial charge in [-0.1, -0.05) is 34.4 Å². The Morgan fingerprint density at radius 2 is 2.25 bits per heavy atom. The van der Waals surface area contributed by atoms with Gasteiger partial charge in [-0.05, 0) is 31.7 Å². The number of halogens is 2. The summed E-state index contributed by atoms with van der Waals surface area (Å²) in [5.74, 6) is 0.635. The van der Waals surface area contributed by atoms with E-state index in [1.54, 1.807) is 6.07 Å². The van der Waals surface area contributed by atoms with Crippen molar-refractivity contribution in [3.8, 4) is 11.4 Å². The van der Waals surface area contributed by atoms with Crippen molar-refractivity contribution >= 4 is 15.9 Å². The summed E-state index contributed by atoms with van der Waals surface area (Å²) in [5.41, 5.74) is 0.594. The van der Waals surface area contributed by atoms with E-state index >= 15 is 0 Å². The zero-order chi connectivity index (χ0) is 14.5. The smallest absolute Gasteiger partial charge is 0.228 e. The number of benzene rings is 1. The van der Waals surface area contributed by atoms with Gasteiger partial charge in [-0.3, -0.25) is 0 Å². The fourth-order valence-electron chi connectivity index (χ4n) is 2.02. The molecule has 6 heteroatoms. The molecule has 0 radical (unpaired) electrons. The Hall–Kier alpha value is -1.27. The van der Waals surface area contributed by atoms with E-state index in [1.165, 1.54) is 12.1 Å². The van der Waals surface area contributed by atoms with Gasteiger partial charge < -0.3 is 9.84 Å². The fourth-order valence-corrected chi connectivity index (χ4v) is 2.45. The molecule has 0 aliphatic carbocycles. The van der Waals surface area contributed by atoms with Crippen molar-refractivity contribution in [3.05, 3.63) is 34.4 Å². The van der Waals surface area contributed by atoms with Gasteiger partial charge in [0.1, 0.15) is 5.82 Å². The van der Waals surface area contributed by atoms with E-state index in [0.29, 0.717) is 29.7 Å². The molecule has 0 amide bonds. The molecule has 0 aliphatic heterocycles. The van der Waals surface area contributed by atoms with Gasteiger partial charge in [-0.15, -0.1) is 0 Å². The second kappa shape index (κ2) is 6.95. The minimum atomic E-state index is -0.325. The molecule has 1 heterocycles. The van der Waals surface area contributed by atoms with Crippen LogP contribution in [0.5, 0.6) is 0 Å². The standard InChI is InChI=1S/C14H17BrFN3O/c1-3-4-10(17-2)8-13-18-14(19-20-13)11-7-9(16)5-6-12(11)15/h5-7,10,17H,3-4,8H2,1-2H3. The van der Waals surface area contributed by atoms with Crippen LogP contribution in [0.1, 0.15) is 25.7 Å². The van der Waals surface area contributed by atoms with Gasteiger partial charge in [0.15, 0.2) is 0 Å². The molecular formula is C14H17BrFN3O. The van der Waals surface area contributed by atoms with Crippen LogP contribution in [-0.2, 0) is 6.42 Å². The first-order chi connectivity index (χ1) is 9.63. The third-order valence-corrected chi connectivity index (χ3v) is 3.80. The first kappa shape index (κ1) is 15.1. The molecule has 0 spiro atoms. The van der Waals surface area contributed by atoms with Crippen LogP contribution in [0.4, 0.5) is 4.39 Å². The topological polar surface area (TPSA) is 51.0 Å². The van der Waals surface area contributed by atoms with E-state index < -0.39 is 0 Å². The Labute approximate surface area is 125 Å². The summed E-state index contributed by atoms with van der Waals surface area (Å²) >= 11 is 3.37. The van der Waals surface area contributed by atoms with Crippen LogP contribution >= 0.6 is 15.9 Å². The number of hydrogen-bond acceptors (Lipinski definition) is 4. The predicted molar refractivity (Wildman–Crippen MR) is 78.9 cm³/mol. The summed E-state index contributed by atoms with van der Waals surface area (Å²) < 4.78 is 19.3. The molecule has 0 bridgehead atoms. The number of nitrogens with zero attached hydrogens (tertiary/aromatic N) is 2. The highest BCUT2D eigenvalue weighted by molar-refractivity contribution is 9.10. The second-order valence-corrected chi connectivity index (χ2v) is 5.47. The Morgan fingerprint density at radius 1 is 1.45 bits per heavy atom. The zero-order valence-corrected chi connectivity index (χ0v) is 13.1. The monoisotopic (exact) mass is 341 g/mol. The summed E-state index contributed by atoms with van der Waals surface area (Å²) in [6.45, 7) is 2.13. The Kier molecular flexibility index (Phi) is 5.25. The molecule has 1 N–H and O–H groups in total. The first-order valence-electron chi connectivity index (χ1n) is 6.59. The van der Waals surface area contributed by atoms with E-state index in [0.717, 1.165) is 17.3 Å². The number of aromatic nitrogens is 2. The Balaban J connectivity index is 2.18. The second-order valence-electron chi connectivity index (χ2n) is 4.61. The maximum absolute atomic E-state index is 13.3. The minimum Gasteiger partial charge on any atom is -0.339 e. The van der Waals surface area contributed by atoms with Gasteiger partial charge >= 0.3 is 0 Å². The van der Waals surface area contributed by atoms with E-state index in [1.807, 2.05) is 7.05 Å². The molecule has 20 heavy (non-hydrogen) atoms. The maximum Gasteiger partial charge on any atom is 0.228 e. The van der Waals surface area contributed by atoms with Gasteiger partial charge in [-0.2, -0.15) is 4.98 Å². The van der Waals surface area contributed by atoms with Crippen molar-refractivity contribution in [2.75, 3.05) is 7.05 Å². The molecule has 1 aromatic heterocycles. The van der Waals surface area contributed by atoms with Gasteiger partial charge in [0.05, 0.1) is 0 Å². The average Bonchev–Trinajstić information content (AvgIpc) is 2.89. The fraction of sp³-hybridized carbons (Fsp3) is 0.429. The van der Waals surface area contributed by atoms with Crippen LogP contribution in [0.3, 0.4) is 0 Å². The lowest BCUT2D eigenvalue weighted by atomic mass is 10.1. The van der Waals surface area contributed by atoms with Crippen molar-refractivity contribution in [2.24, 2.45) is 0 Å². The molecule has 0 fully saturated rings. The van der Waals surface area contributed by atoms with Crippen LogP contribution in [-0.4, -0.2) is 23.2 Å². The third-order valence-electron chi connectivity index (χ3n) is 3.10.